The van der Waals surface area contributed by atoms with Crippen LogP contribution in [0.3, 0.4) is 0 Å². The minimum atomic E-state index is -0.633. The third-order valence-corrected chi connectivity index (χ3v) is 4.18. The molecule has 0 aliphatic carbocycles. The van der Waals surface area contributed by atoms with Crippen molar-refractivity contribution in [3.8, 4) is 28.4 Å². The number of carbonyl (C=O) groups is 1. The lowest BCUT2D eigenvalue weighted by Gasteiger charge is -2.18. The van der Waals surface area contributed by atoms with Gasteiger partial charge in [-0.05, 0) is 51.1 Å². The fourth-order valence-corrected chi connectivity index (χ4v) is 2.86. The van der Waals surface area contributed by atoms with Gasteiger partial charge in [-0.2, -0.15) is 10.2 Å². The first-order valence-electron chi connectivity index (χ1n) is 9.70. The van der Waals surface area contributed by atoms with Crippen molar-refractivity contribution in [2.45, 2.75) is 26.4 Å². The third-order valence-electron chi connectivity index (χ3n) is 4.18. The van der Waals surface area contributed by atoms with Gasteiger partial charge in [0, 0.05) is 17.3 Å². The van der Waals surface area contributed by atoms with E-state index in [0.29, 0.717) is 22.8 Å². The lowest BCUT2D eigenvalue weighted by molar-refractivity contribution is 0.0529. The molecule has 0 spiro atoms. The molecule has 8 nitrogen and oxygen atoms in total. The van der Waals surface area contributed by atoms with Crippen molar-refractivity contribution < 1.29 is 19.0 Å². The average Bonchev–Trinajstić information content (AvgIpc) is 3.16. The van der Waals surface area contributed by atoms with Crippen molar-refractivity contribution >= 4 is 12.3 Å². The van der Waals surface area contributed by atoms with Crippen LogP contribution in [0.15, 0.2) is 59.8 Å². The van der Waals surface area contributed by atoms with Gasteiger partial charge in [-0.1, -0.05) is 18.2 Å². The number of ether oxygens (including phenoxy) is 3. The van der Waals surface area contributed by atoms with Crippen LogP contribution in [0.2, 0.25) is 0 Å². The Bertz CT molecular complexity index is 1070. The van der Waals surface area contributed by atoms with Gasteiger partial charge in [0.15, 0.2) is 11.5 Å². The Morgan fingerprint density at radius 1 is 1.06 bits per heavy atom. The molecule has 162 valence electrons. The van der Waals surface area contributed by atoms with E-state index in [9.17, 15) is 4.79 Å². The zero-order valence-corrected chi connectivity index (χ0v) is 18.2. The number of aromatic nitrogens is 2. The smallest absolute Gasteiger partial charge is 0.428 e. The highest BCUT2D eigenvalue weighted by atomic mass is 16.6. The first-order valence-corrected chi connectivity index (χ1v) is 9.70. The van der Waals surface area contributed by atoms with Gasteiger partial charge in [0.25, 0.3) is 0 Å². The van der Waals surface area contributed by atoms with Crippen molar-refractivity contribution in [2.24, 2.45) is 5.10 Å². The van der Waals surface area contributed by atoms with Crippen molar-refractivity contribution in [1.29, 1.82) is 0 Å². The number of nitrogens with zero attached hydrogens (tertiary/aromatic N) is 3. The molecule has 0 radical (unpaired) electrons. The zero-order chi connectivity index (χ0) is 22.4. The molecule has 0 fully saturated rings. The van der Waals surface area contributed by atoms with Crippen molar-refractivity contribution in [2.75, 3.05) is 14.2 Å². The van der Waals surface area contributed by atoms with E-state index in [4.69, 9.17) is 19.3 Å². The summed E-state index contributed by atoms with van der Waals surface area (Å²) in [6, 6.07) is 15.3. The molecule has 8 heteroatoms. The molecule has 1 heterocycles. The Balaban J connectivity index is 1.96. The number of benzene rings is 2. The maximum Gasteiger partial charge on any atom is 0.428 e. The van der Waals surface area contributed by atoms with Crippen molar-refractivity contribution in [3.05, 3.63) is 60.3 Å². The first-order chi connectivity index (χ1) is 14.8. The Labute approximate surface area is 181 Å². The summed E-state index contributed by atoms with van der Waals surface area (Å²) in [7, 11) is 3.17. The summed E-state index contributed by atoms with van der Waals surface area (Å²) >= 11 is 0. The fraction of sp³-hybridized carbons (Fsp3) is 0.261. The molecular formula is C23H26N4O4. The number of nitrogens with one attached hydrogen (secondary N) is 1. The summed E-state index contributed by atoms with van der Waals surface area (Å²) in [5.41, 5.74) is 4.85. The molecule has 2 aromatic carbocycles. The van der Waals surface area contributed by atoms with Crippen LogP contribution in [-0.4, -0.2) is 41.9 Å². The Morgan fingerprint density at radius 2 is 1.77 bits per heavy atom. The van der Waals surface area contributed by atoms with Crippen molar-refractivity contribution in [1.82, 2.24) is 15.2 Å². The number of para-hydroxylation sites is 1. The lowest BCUT2D eigenvalue weighted by atomic mass is 10.1. The largest absolute Gasteiger partial charge is 0.493 e. The fourth-order valence-electron chi connectivity index (χ4n) is 2.86. The second-order valence-corrected chi connectivity index (χ2v) is 7.65. The summed E-state index contributed by atoms with van der Waals surface area (Å²) in [5, 5.41) is 8.76. The van der Waals surface area contributed by atoms with E-state index in [2.05, 4.69) is 10.5 Å². The van der Waals surface area contributed by atoms with Gasteiger partial charge in [0.05, 0.1) is 26.1 Å². The molecule has 1 N–H and O–H groups in total. The normalized spacial score (nSPS) is 11.4. The number of hydrazone groups is 1. The Morgan fingerprint density at radius 3 is 2.42 bits per heavy atom. The molecule has 0 bridgehead atoms. The van der Waals surface area contributed by atoms with Gasteiger partial charge >= 0.3 is 6.09 Å². The van der Waals surface area contributed by atoms with Crippen LogP contribution in [0.1, 0.15) is 26.3 Å². The third kappa shape index (κ3) is 5.63. The first kappa shape index (κ1) is 21.9. The van der Waals surface area contributed by atoms with Crippen LogP contribution in [-0.2, 0) is 4.74 Å². The van der Waals surface area contributed by atoms with E-state index in [1.165, 1.54) is 6.21 Å². The van der Waals surface area contributed by atoms with Gasteiger partial charge in [0.2, 0.25) is 0 Å². The Kier molecular flexibility index (Phi) is 6.59. The molecular weight excluding hydrogens is 396 g/mol. The second kappa shape index (κ2) is 9.34. The van der Waals surface area contributed by atoms with Crippen LogP contribution in [0, 0.1) is 0 Å². The molecule has 0 saturated carbocycles. The predicted octanol–water partition coefficient (Wildman–Crippen LogP) is 4.42. The molecule has 0 aliphatic heterocycles. The number of hydrogen-bond donors (Lipinski definition) is 1. The quantitative estimate of drug-likeness (QED) is 0.470. The monoisotopic (exact) mass is 422 g/mol. The molecule has 0 unspecified atom stereocenters. The van der Waals surface area contributed by atoms with Crippen LogP contribution in [0.5, 0.6) is 11.5 Å². The maximum atomic E-state index is 11.9. The van der Waals surface area contributed by atoms with Gasteiger partial charge in [-0.3, -0.25) is 0 Å². The molecule has 3 rings (SSSR count). The highest BCUT2D eigenvalue weighted by molar-refractivity contribution is 5.89. The SMILES string of the molecule is COc1ccc(-c2nn(-c3ccccc3)cc2/C=N\NC(=O)OC(C)(C)C)cc1OC. The minimum absolute atomic E-state index is 0.587. The number of amides is 1. The summed E-state index contributed by atoms with van der Waals surface area (Å²) in [4.78, 5) is 11.9. The standard InChI is InChI=1S/C23H26N4O4/c1-23(2,3)31-22(28)25-24-14-17-15-27(18-9-7-6-8-10-18)26-21(17)16-11-12-19(29-4)20(13-16)30-5/h6-15H,1-5H3,(H,25,28)/b24-14-. The van der Waals surface area contributed by atoms with Crippen LogP contribution < -0.4 is 14.9 Å². The minimum Gasteiger partial charge on any atom is -0.493 e. The topological polar surface area (TPSA) is 87.0 Å². The summed E-state index contributed by atoms with van der Waals surface area (Å²) < 4.78 is 17.7. The second-order valence-electron chi connectivity index (χ2n) is 7.65. The molecule has 1 aromatic heterocycles. The molecule has 0 aliphatic rings. The molecule has 0 atom stereocenters. The van der Waals surface area contributed by atoms with E-state index in [0.717, 1.165) is 11.3 Å². The predicted molar refractivity (Wildman–Crippen MR) is 119 cm³/mol. The van der Waals surface area contributed by atoms with Crippen molar-refractivity contribution in [3.63, 3.8) is 0 Å². The van der Waals surface area contributed by atoms with Gasteiger partial charge in [0.1, 0.15) is 11.3 Å². The van der Waals surface area contributed by atoms with Crippen LogP contribution >= 0.6 is 0 Å². The highest BCUT2D eigenvalue weighted by Crippen LogP contribution is 2.33. The molecule has 1 amide bonds. The average molecular weight is 422 g/mol. The van der Waals surface area contributed by atoms with Gasteiger partial charge in [-0.25, -0.2) is 14.9 Å². The zero-order valence-electron chi connectivity index (χ0n) is 18.2. The maximum absolute atomic E-state index is 11.9. The summed E-state index contributed by atoms with van der Waals surface area (Å²) in [6.45, 7) is 5.36. The van der Waals surface area contributed by atoms with Crippen LogP contribution in [0.25, 0.3) is 16.9 Å². The van der Waals surface area contributed by atoms with Crippen LogP contribution in [0.4, 0.5) is 4.79 Å². The van der Waals surface area contributed by atoms with E-state index in [1.807, 2.05) is 54.7 Å². The van der Waals surface area contributed by atoms with E-state index >= 15 is 0 Å². The number of methoxy groups -OCH3 is 2. The lowest BCUT2D eigenvalue weighted by Crippen LogP contribution is -2.29. The van der Waals surface area contributed by atoms with E-state index in [-0.39, 0.29) is 0 Å². The molecule has 31 heavy (non-hydrogen) atoms. The number of hydrogen-bond acceptors (Lipinski definition) is 6. The van der Waals surface area contributed by atoms with E-state index in [1.54, 1.807) is 39.7 Å². The number of rotatable bonds is 6. The van der Waals surface area contributed by atoms with Gasteiger partial charge in [-0.15, -0.1) is 0 Å². The van der Waals surface area contributed by atoms with Gasteiger partial charge < -0.3 is 14.2 Å². The summed E-state index contributed by atoms with van der Waals surface area (Å²) in [6.07, 6.45) is 2.73. The molecule has 3 aromatic rings. The molecule has 0 saturated heterocycles. The Hall–Kier alpha value is -3.81. The highest BCUT2D eigenvalue weighted by Gasteiger charge is 2.16. The number of carbonyl (C=O) groups excluding carboxylic acids is 1. The van der Waals surface area contributed by atoms with E-state index < -0.39 is 11.7 Å². The summed E-state index contributed by atoms with van der Waals surface area (Å²) in [5.74, 6) is 1.21.